The van der Waals surface area contributed by atoms with E-state index in [0.717, 1.165) is 16.9 Å². The first-order valence-electron chi connectivity index (χ1n) is 5.33. The Kier molecular flexibility index (Phi) is 3.64. The van der Waals surface area contributed by atoms with Crippen molar-refractivity contribution >= 4 is 17.4 Å². The predicted molar refractivity (Wildman–Crippen MR) is 70.8 cm³/mol. The first kappa shape index (κ1) is 12.6. The molecule has 94 valence electrons. The number of aromatic nitrogens is 2. The number of nitrogen functional groups attached to an aromatic ring is 1. The molecule has 5 nitrogen and oxygen atoms in total. The summed E-state index contributed by atoms with van der Waals surface area (Å²) < 4.78 is 5.73. The van der Waals surface area contributed by atoms with Gasteiger partial charge in [-0.25, -0.2) is 15.8 Å². The van der Waals surface area contributed by atoms with Gasteiger partial charge in [-0.2, -0.15) is 0 Å². The first-order valence-corrected chi connectivity index (χ1v) is 5.71. The highest BCUT2D eigenvalue weighted by Crippen LogP contribution is 2.30. The van der Waals surface area contributed by atoms with Gasteiger partial charge in [-0.3, -0.25) is 0 Å². The molecule has 0 aliphatic carbocycles. The van der Waals surface area contributed by atoms with Crippen LogP contribution in [0.15, 0.2) is 24.5 Å². The van der Waals surface area contributed by atoms with E-state index in [-0.39, 0.29) is 0 Å². The summed E-state index contributed by atoms with van der Waals surface area (Å²) in [5, 5.41) is 0.685. The van der Waals surface area contributed by atoms with E-state index in [9.17, 15) is 0 Å². The molecule has 0 fully saturated rings. The normalized spacial score (nSPS) is 10.2. The number of hydrazine groups is 1. The van der Waals surface area contributed by atoms with Crippen molar-refractivity contribution in [1.82, 2.24) is 9.97 Å². The van der Waals surface area contributed by atoms with Crippen molar-refractivity contribution in [2.75, 3.05) is 5.43 Å². The monoisotopic (exact) mass is 264 g/mol. The minimum absolute atomic E-state index is 0.423. The van der Waals surface area contributed by atoms with Crippen molar-refractivity contribution < 1.29 is 4.74 Å². The van der Waals surface area contributed by atoms with E-state index in [1.165, 1.54) is 6.33 Å². The quantitative estimate of drug-likeness (QED) is 0.659. The lowest BCUT2D eigenvalue weighted by Crippen LogP contribution is -2.08. The van der Waals surface area contributed by atoms with Crippen molar-refractivity contribution in [2.45, 2.75) is 13.8 Å². The summed E-state index contributed by atoms with van der Waals surface area (Å²) in [6.07, 6.45) is 1.38. The van der Waals surface area contributed by atoms with Crippen LogP contribution < -0.4 is 16.0 Å². The lowest BCUT2D eigenvalue weighted by Gasteiger charge is -2.11. The number of anilines is 1. The molecule has 18 heavy (non-hydrogen) atoms. The molecular formula is C12H13ClN4O. The zero-order valence-electron chi connectivity index (χ0n) is 10.1. The minimum atomic E-state index is 0.423. The van der Waals surface area contributed by atoms with E-state index in [1.54, 1.807) is 6.07 Å². The molecule has 0 radical (unpaired) electrons. The fraction of sp³-hybridized carbons (Fsp3) is 0.167. The second-order valence-electron chi connectivity index (χ2n) is 3.86. The van der Waals surface area contributed by atoms with E-state index >= 15 is 0 Å². The molecule has 0 bridgehead atoms. The van der Waals surface area contributed by atoms with Crippen LogP contribution in [-0.4, -0.2) is 9.97 Å². The molecule has 2 rings (SSSR count). The van der Waals surface area contributed by atoms with Gasteiger partial charge in [0, 0.05) is 11.1 Å². The maximum Gasteiger partial charge on any atom is 0.224 e. The van der Waals surface area contributed by atoms with Crippen LogP contribution in [0.4, 0.5) is 5.82 Å². The van der Waals surface area contributed by atoms with Crippen LogP contribution in [0.25, 0.3) is 0 Å². The van der Waals surface area contributed by atoms with Crippen molar-refractivity contribution in [3.8, 4) is 11.6 Å². The van der Waals surface area contributed by atoms with E-state index < -0.39 is 0 Å². The zero-order valence-corrected chi connectivity index (χ0v) is 10.8. The third kappa shape index (κ3) is 2.69. The Morgan fingerprint density at radius 3 is 2.44 bits per heavy atom. The Hall–Kier alpha value is -1.85. The Morgan fingerprint density at radius 2 is 1.83 bits per heavy atom. The van der Waals surface area contributed by atoms with Crippen molar-refractivity contribution in [1.29, 1.82) is 0 Å². The minimum Gasteiger partial charge on any atom is -0.438 e. The number of nitrogens with one attached hydrogen (secondary N) is 1. The largest absolute Gasteiger partial charge is 0.438 e. The summed E-state index contributed by atoms with van der Waals surface area (Å²) >= 11 is 5.97. The second kappa shape index (κ2) is 5.20. The Labute approximate surface area is 110 Å². The molecule has 0 amide bonds. The predicted octanol–water partition coefficient (Wildman–Crippen LogP) is 2.82. The number of nitrogens with zero attached hydrogens (tertiary/aromatic N) is 2. The van der Waals surface area contributed by atoms with Gasteiger partial charge in [-0.15, -0.1) is 0 Å². The van der Waals surface area contributed by atoms with E-state index in [0.29, 0.717) is 16.7 Å². The van der Waals surface area contributed by atoms with Gasteiger partial charge in [0.15, 0.2) is 0 Å². The van der Waals surface area contributed by atoms with Crippen molar-refractivity contribution in [3.63, 3.8) is 0 Å². The number of halogens is 1. The molecule has 0 saturated heterocycles. The van der Waals surface area contributed by atoms with Gasteiger partial charge < -0.3 is 10.2 Å². The van der Waals surface area contributed by atoms with Crippen LogP contribution in [0, 0.1) is 13.8 Å². The highest BCUT2D eigenvalue weighted by Gasteiger charge is 2.08. The van der Waals surface area contributed by atoms with E-state index in [2.05, 4.69) is 15.4 Å². The highest BCUT2D eigenvalue weighted by molar-refractivity contribution is 6.30. The van der Waals surface area contributed by atoms with Crippen molar-refractivity contribution in [2.24, 2.45) is 5.84 Å². The lowest BCUT2D eigenvalue weighted by atomic mass is 10.1. The molecule has 2 aromatic rings. The number of nitrogens with two attached hydrogens (primary N) is 1. The molecule has 0 aliphatic heterocycles. The molecule has 6 heteroatoms. The third-order valence-corrected chi connectivity index (χ3v) is 2.64. The topological polar surface area (TPSA) is 73.1 Å². The molecule has 0 atom stereocenters. The molecule has 0 unspecified atom stereocenters. The first-order chi connectivity index (χ1) is 8.60. The van der Waals surface area contributed by atoms with Crippen LogP contribution in [0.3, 0.4) is 0 Å². The fourth-order valence-electron chi connectivity index (χ4n) is 1.64. The second-order valence-corrected chi connectivity index (χ2v) is 4.29. The maximum atomic E-state index is 5.97. The molecule has 0 spiro atoms. The fourth-order valence-corrected chi connectivity index (χ4v) is 1.96. The van der Waals surface area contributed by atoms with Gasteiger partial charge in [0.05, 0.1) is 0 Å². The Morgan fingerprint density at radius 1 is 1.17 bits per heavy atom. The number of ether oxygens (including phenoxy) is 1. The number of rotatable bonds is 3. The van der Waals surface area contributed by atoms with Gasteiger partial charge >= 0.3 is 0 Å². The summed E-state index contributed by atoms with van der Waals surface area (Å²) in [6, 6.07) is 5.30. The Balaban J connectivity index is 2.33. The maximum absolute atomic E-state index is 5.97. The SMILES string of the molecule is Cc1cc(Cl)cc(C)c1Oc1cc(NN)ncn1. The summed E-state index contributed by atoms with van der Waals surface area (Å²) in [7, 11) is 0. The number of hydrogen-bond donors (Lipinski definition) is 2. The number of benzene rings is 1. The van der Waals surface area contributed by atoms with Crippen LogP contribution in [-0.2, 0) is 0 Å². The third-order valence-electron chi connectivity index (χ3n) is 2.42. The molecule has 1 aromatic heterocycles. The van der Waals surface area contributed by atoms with Gasteiger partial charge in [-0.1, -0.05) is 11.6 Å². The standard InChI is InChI=1S/C12H13ClN4O/c1-7-3-9(13)4-8(2)12(7)18-11-5-10(17-14)15-6-16-11/h3-6H,14H2,1-2H3,(H,15,16,17). The number of aryl methyl sites for hydroxylation is 2. The molecule has 1 aromatic carbocycles. The average molecular weight is 265 g/mol. The lowest BCUT2D eigenvalue weighted by molar-refractivity contribution is 0.455. The van der Waals surface area contributed by atoms with Crippen LogP contribution in [0.1, 0.15) is 11.1 Å². The van der Waals surface area contributed by atoms with E-state index in [4.69, 9.17) is 22.2 Å². The molecule has 3 N–H and O–H groups in total. The highest BCUT2D eigenvalue weighted by atomic mass is 35.5. The Bertz CT molecular complexity index is 551. The molecule has 0 saturated carbocycles. The van der Waals surface area contributed by atoms with E-state index in [1.807, 2.05) is 26.0 Å². The smallest absolute Gasteiger partial charge is 0.224 e. The van der Waals surface area contributed by atoms with Gasteiger partial charge in [0.1, 0.15) is 17.9 Å². The van der Waals surface area contributed by atoms with Gasteiger partial charge in [0.2, 0.25) is 5.88 Å². The van der Waals surface area contributed by atoms with Gasteiger partial charge in [-0.05, 0) is 37.1 Å². The summed E-state index contributed by atoms with van der Waals surface area (Å²) in [6.45, 7) is 3.86. The van der Waals surface area contributed by atoms with Crippen LogP contribution in [0.5, 0.6) is 11.6 Å². The molecular weight excluding hydrogens is 252 g/mol. The average Bonchev–Trinajstić information content (AvgIpc) is 2.34. The summed E-state index contributed by atoms with van der Waals surface area (Å²) in [4.78, 5) is 7.94. The number of hydrogen-bond acceptors (Lipinski definition) is 5. The van der Waals surface area contributed by atoms with Gasteiger partial charge in [0.25, 0.3) is 0 Å². The molecule has 1 heterocycles. The molecule has 0 aliphatic rings. The van der Waals surface area contributed by atoms with Crippen LogP contribution in [0.2, 0.25) is 5.02 Å². The van der Waals surface area contributed by atoms with Crippen LogP contribution >= 0.6 is 11.6 Å². The summed E-state index contributed by atoms with van der Waals surface area (Å²) in [5.74, 6) is 6.93. The zero-order chi connectivity index (χ0) is 13.1. The van der Waals surface area contributed by atoms with Crippen molar-refractivity contribution in [3.05, 3.63) is 40.7 Å². The summed E-state index contributed by atoms with van der Waals surface area (Å²) in [5.41, 5.74) is 4.33.